The maximum absolute atomic E-state index is 12.4. The second-order valence-electron chi connectivity index (χ2n) is 4.58. The summed E-state index contributed by atoms with van der Waals surface area (Å²) in [5.74, 6) is -0.378. The highest BCUT2D eigenvalue weighted by Gasteiger charge is 2.42. The first kappa shape index (κ1) is 10.3. The molecule has 4 heteroatoms. The third kappa shape index (κ3) is 2.62. The average Bonchev–Trinajstić information content (AvgIpc) is 2.87. The second kappa shape index (κ2) is 3.72. The molecule has 0 amide bonds. The Morgan fingerprint density at radius 3 is 2.43 bits per heavy atom. The van der Waals surface area contributed by atoms with E-state index < -0.39 is 12.1 Å². The van der Waals surface area contributed by atoms with Gasteiger partial charge in [0.25, 0.3) is 0 Å². The monoisotopic (exact) mass is 207 g/mol. The van der Waals surface area contributed by atoms with Crippen LogP contribution in [0.3, 0.4) is 0 Å². The Labute approximate surface area is 82.3 Å². The highest BCUT2D eigenvalue weighted by Crippen LogP contribution is 2.35. The number of halogens is 3. The molecule has 0 aromatic rings. The van der Waals surface area contributed by atoms with Crippen molar-refractivity contribution >= 4 is 0 Å². The van der Waals surface area contributed by atoms with Gasteiger partial charge in [0.05, 0.1) is 5.92 Å². The first-order chi connectivity index (χ1) is 6.55. The minimum atomic E-state index is -3.98. The lowest BCUT2D eigenvalue weighted by molar-refractivity contribution is -0.186. The lowest BCUT2D eigenvalue weighted by Crippen LogP contribution is -2.42. The van der Waals surface area contributed by atoms with Crippen molar-refractivity contribution in [3.63, 3.8) is 0 Å². The van der Waals surface area contributed by atoms with Crippen LogP contribution in [-0.4, -0.2) is 30.7 Å². The molecule has 0 spiro atoms. The van der Waals surface area contributed by atoms with E-state index in [2.05, 4.69) is 0 Å². The smallest absolute Gasteiger partial charge is 0.302 e. The first-order valence-electron chi connectivity index (χ1n) is 5.35. The summed E-state index contributed by atoms with van der Waals surface area (Å²) in [5.41, 5.74) is 0. The predicted octanol–water partition coefficient (Wildman–Crippen LogP) is 2.67. The van der Waals surface area contributed by atoms with Crippen molar-refractivity contribution in [1.29, 1.82) is 0 Å². The maximum Gasteiger partial charge on any atom is 0.393 e. The molecule has 2 fully saturated rings. The summed E-state index contributed by atoms with van der Waals surface area (Å²) in [7, 11) is 0. The van der Waals surface area contributed by atoms with E-state index in [1.165, 1.54) is 12.8 Å². The van der Waals surface area contributed by atoms with Gasteiger partial charge in [0, 0.05) is 13.1 Å². The lowest BCUT2D eigenvalue weighted by Gasteiger charge is -2.33. The summed E-state index contributed by atoms with van der Waals surface area (Å²) < 4.78 is 37.3. The number of hydrogen-bond donors (Lipinski definition) is 0. The van der Waals surface area contributed by atoms with Crippen LogP contribution in [0.4, 0.5) is 13.2 Å². The third-order valence-corrected chi connectivity index (χ3v) is 3.18. The van der Waals surface area contributed by atoms with Crippen molar-refractivity contribution in [2.24, 2.45) is 11.8 Å². The summed E-state index contributed by atoms with van der Waals surface area (Å²) in [4.78, 5) is 2.00. The van der Waals surface area contributed by atoms with E-state index in [0.717, 1.165) is 13.1 Å². The molecule has 82 valence electrons. The normalized spacial score (nSPS) is 30.6. The van der Waals surface area contributed by atoms with Gasteiger partial charge >= 0.3 is 6.18 Å². The van der Waals surface area contributed by atoms with Crippen LogP contribution < -0.4 is 0 Å². The van der Waals surface area contributed by atoms with Crippen LogP contribution in [0.25, 0.3) is 0 Å². The average molecular weight is 207 g/mol. The summed E-state index contributed by atoms with van der Waals surface area (Å²) in [6, 6.07) is 0. The Balaban J connectivity index is 1.83. The Kier molecular flexibility index (Phi) is 2.73. The van der Waals surface area contributed by atoms with Gasteiger partial charge in [0.1, 0.15) is 0 Å². The molecule has 0 N–H and O–H groups in total. The quantitative estimate of drug-likeness (QED) is 0.673. The molecule has 1 atom stereocenters. The number of piperidine rings is 1. The summed E-state index contributed by atoms with van der Waals surface area (Å²) in [6.07, 6.45) is -0.524. The molecule has 0 aromatic carbocycles. The summed E-state index contributed by atoms with van der Waals surface area (Å²) in [6.45, 7) is 2.00. The minimum absolute atomic E-state index is 0.236. The van der Waals surface area contributed by atoms with Gasteiger partial charge in [-0.05, 0) is 38.1 Å². The minimum Gasteiger partial charge on any atom is -0.302 e. The van der Waals surface area contributed by atoms with E-state index in [9.17, 15) is 13.2 Å². The van der Waals surface area contributed by atoms with Crippen molar-refractivity contribution < 1.29 is 13.2 Å². The predicted molar refractivity (Wildman–Crippen MR) is 47.9 cm³/mol. The van der Waals surface area contributed by atoms with Gasteiger partial charge in [-0.25, -0.2) is 0 Å². The van der Waals surface area contributed by atoms with E-state index >= 15 is 0 Å². The molecule has 2 aliphatic rings. The largest absolute Gasteiger partial charge is 0.393 e. The van der Waals surface area contributed by atoms with Crippen LogP contribution >= 0.6 is 0 Å². The molecule has 1 heterocycles. The van der Waals surface area contributed by atoms with Crippen LogP contribution in [0, 0.1) is 11.8 Å². The topological polar surface area (TPSA) is 3.24 Å². The van der Waals surface area contributed by atoms with Gasteiger partial charge in [-0.3, -0.25) is 0 Å². The van der Waals surface area contributed by atoms with E-state index in [-0.39, 0.29) is 6.54 Å². The van der Waals surface area contributed by atoms with Crippen molar-refractivity contribution in [1.82, 2.24) is 4.90 Å². The zero-order valence-electron chi connectivity index (χ0n) is 8.19. The lowest BCUT2D eigenvalue weighted by atomic mass is 9.97. The van der Waals surface area contributed by atoms with Gasteiger partial charge in [0.2, 0.25) is 0 Å². The molecule has 1 unspecified atom stereocenters. The second-order valence-corrected chi connectivity index (χ2v) is 4.58. The van der Waals surface area contributed by atoms with E-state index in [1.807, 2.05) is 4.90 Å². The fourth-order valence-electron chi connectivity index (χ4n) is 2.15. The fourth-order valence-corrected chi connectivity index (χ4v) is 2.15. The standard InChI is InChI=1S/C10H16F3N/c11-10(12,13)9-2-1-5-14(7-9)6-8-3-4-8/h8-9H,1-7H2. The highest BCUT2D eigenvalue weighted by molar-refractivity contribution is 4.83. The molecular weight excluding hydrogens is 191 g/mol. The van der Waals surface area contributed by atoms with Crippen LogP contribution in [0.5, 0.6) is 0 Å². The van der Waals surface area contributed by atoms with E-state index in [4.69, 9.17) is 0 Å². The molecule has 0 aromatic heterocycles. The number of alkyl halides is 3. The van der Waals surface area contributed by atoms with Crippen LogP contribution in [0.1, 0.15) is 25.7 Å². The zero-order valence-corrected chi connectivity index (χ0v) is 8.19. The molecule has 0 radical (unpaired) electrons. The molecule has 0 bridgehead atoms. The van der Waals surface area contributed by atoms with Gasteiger partial charge < -0.3 is 4.90 Å². The molecule has 1 saturated carbocycles. The van der Waals surface area contributed by atoms with Crippen LogP contribution in [0.15, 0.2) is 0 Å². The Morgan fingerprint density at radius 2 is 1.86 bits per heavy atom. The van der Waals surface area contributed by atoms with E-state index in [0.29, 0.717) is 18.8 Å². The summed E-state index contributed by atoms with van der Waals surface area (Å²) in [5, 5.41) is 0. The van der Waals surface area contributed by atoms with Crippen molar-refractivity contribution in [3.05, 3.63) is 0 Å². The molecule has 14 heavy (non-hydrogen) atoms. The number of likely N-dealkylation sites (tertiary alicyclic amines) is 1. The van der Waals surface area contributed by atoms with Crippen LogP contribution in [0.2, 0.25) is 0 Å². The number of rotatable bonds is 2. The zero-order chi connectivity index (χ0) is 10.2. The van der Waals surface area contributed by atoms with Gasteiger partial charge in [0.15, 0.2) is 0 Å². The summed E-state index contributed by atoms with van der Waals surface area (Å²) >= 11 is 0. The van der Waals surface area contributed by atoms with Crippen molar-refractivity contribution in [2.75, 3.05) is 19.6 Å². The Bertz CT molecular complexity index is 198. The molecule has 1 aliphatic carbocycles. The SMILES string of the molecule is FC(F)(F)C1CCCN(CC2CC2)C1. The first-order valence-corrected chi connectivity index (χ1v) is 5.35. The fraction of sp³-hybridized carbons (Fsp3) is 1.00. The molecule has 1 saturated heterocycles. The van der Waals surface area contributed by atoms with Crippen molar-refractivity contribution in [3.8, 4) is 0 Å². The molecular formula is C10H16F3N. The van der Waals surface area contributed by atoms with E-state index in [1.54, 1.807) is 0 Å². The number of hydrogen-bond acceptors (Lipinski definition) is 1. The number of nitrogens with zero attached hydrogens (tertiary/aromatic N) is 1. The molecule has 1 nitrogen and oxygen atoms in total. The third-order valence-electron chi connectivity index (χ3n) is 3.18. The highest BCUT2D eigenvalue weighted by atomic mass is 19.4. The van der Waals surface area contributed by atoms with Crippen molar-refractivity contribution in [2.45, 2.75) is 31.9 Å². The van der Waals surface area contributed by atoms with Gasteiger partial charge in [-0.1, -0.05) is 0 Å². The molecule has 1 aliphatic heterocycles. The maximum atomic E-state index is 12.4. The Morgan fingerprint density at radius 1 is 1.14 bits per heavy atom. The van der Waals surface area contributed by atoms with Gasteiger partial charge in [-0.15, -0.1) is 0 Å². The van der Waals surface area contributed by atoms with Crippen LogP contribution in [-0.2, 0) is 0 Å². The van der Waals surface area contributed by atoms with Gasteiger partial charge in [-0.2, -0.15) is 13.2 Å². The Hall–Kier alpha value is -0.250. The molecule has 2 rings (SSSR count).